The molecule has 3 aromatic carbocycles. The Balaban J connectivity index is 1.95. The number of anilines is 1. The van der Waals surface area contributed by atoms with E-state index in [1.165, 1.54) is 18.5 Å². The first-order valence-corrected chi connectivity index (χ1v) is 12.8. The van der Waals surface area contributed by atoms with Crippen molar-refractivity contribution in [1.82, 2.24) is 5.16 Å². The number of ether oxygens (including phenoxy) is 3. The maximum Gasteiger partial charge on any atom is 0.269 e. The number of nitrogens with zero attached hydrogens (tertiary/aromatic N) is 2. The lowest BCUT2D eigenvalue weighted by Crippen LogP contribution is -2.31. The molecule has 4 rings (SSSR count). The van der Waals surface area contributed by atoms with Crippen molar-refractivity contribution in [3.05, 3.63) is 71.3 Å². The van der Waals surface area contributed by atoms with Gasteiger partial charge in [0.15, 0.2) is 11.4 Å². The highest BCUT2D eigenvalue weighted by molar-refractivity contribution is 7.93. The van der Waals surface area contributed by atoms with E-state index < -0.39 is 10.0 Å². The van der Waals surface area contributed by atoms with E-state index in [0.717, 1.165) is 11.1 Å². The Hall–Kier alpha value is -3.76. The molecule has 9 nitrogen and oxygen atoms in total. The summed E-state index contributed by atoms with van der Waals surface area (Å²) in [5, 5.41) is 4.70. The predicted molar refractivity (Wildman–Crippen MR) is 137 cm³/mol. The van der Waals surface area contributed by atoms with Gasteiger partial charge in [-0.05, 0) is 53.9 Å². The first-order chi connectivity index (χ1) is 17.4. The third kappa shape index (κ3) is 4.69. The van der Waals surface area contributed by atoms with Gasteiger partial charge in [0.1, 0.15) is 22.1 Å². The molecule has 0 amide bonds. The van der Waals surface area contributed by atoms with Crippen LogP contribution in [0.15, 0.2) is 64.0 Å². The Morgan fingerprint density at radius 2 is 1.67 bits per heavy atom. The Labute approximate surface area is 210 Å². The molecule has 0 aliphatic carbocycles. The van der Waals surface area contributed by atoms with Crippen LogP contribution in [0.5, 0.6) is 17.2 Å². The monoisotopic (exact) mass is 511 g/mol. The van der Waals surface area contributed by atoms with Crippen LogP contribution in [-0.2, 0) is 29.5 Å². The molecule has 0 saturated heterocycles. The number of aromatic nitrogens is 1. The maximum absolute atomic E-state index is 14.3. The minimum absolute atomic E-state index is 0.0305. The van der Waals surface area contributed by atoms with Crippen LogP contribution >= 0.6 is 0 Å². The predicted octanol–water partition coefficient (Wildman–Crippen LogP) is 4.27. The summed E-state index contributed by atoms with van der Waals surface area (Å²) in [7, 11) is 0.327. The molecular weight excluding hydrogens is 482 g/mol. The Morgan fingerprint density at radius 1 is 0.917 bits per heavy atom. The Bertz CT molecular complexity index is 1480. The van der Waals surface area contributed by atoms with Gasteiger partial charge in [-0.25, -0.2) is 12.7 Å². The largest absolute Gasteiger partial charge is 0.497 e. The number of hydrogen-bond donors (Lipinski definition) is 1. The third-order valence-corrected chi connectivity index (χ3v) is 7.76. The summed E-state index contributed by atoms with van der Waals surface area (Å²) in [6, 6.07) is 15.7. The van der Waals surface area contributed by atoms with Gasteiger partial charge in [0.25, 0.3) is 10.0 Å². The van der Waals surface area contributed by atoms with Crippen LogP contribution < -0.4 is 24.2 Å². The summed E-state index contributed by atoms with van der Waals surface area (Å²) in [6.07, 6.45) is 0.658. The van der Waals surface area contributed by atoms with Crippen LogP contribution in [0, 0.1) is 0 Å². The average Bonchev–Trinajstić information content (AvgIpc) is 3.33. The topological polar surface area (TPSA) is 117 Å². The molecular formula is C26H29N3O6S. The summed E-state index contributed by atoms with van der Waals surface area (Å²) in [5.74, 6) is 1.43. The molecule has 0 aliphatic rings. The van der Waals surface area contributed by atoms with E-state index in [-0.39, 0.29) is 29.6 Å². The van der Waals surface area contributed by atoms with Gasteiger partial charge in [-0.2, -0.15) is 0 Å². The van der Waals surface area contributed by atoms with Gasteiger partial charge in [0.2, 0.25) is 0 Å². The van der Waals surface area contributed by atoms with E-state index in [1.807, 2.05) is 19.1 Å². The van der Waals surface area contributed by atoms with Crippen LogP contribution in [0.2, 0.25) is 0 Å². The fourth-order valence-electron chi connectivity index (χ4n) is 3.95. The normalized spacial score (nSPS) is 11.5. The van der Waals surface area contributed by atoms with Gasteiger partial charge in [0, 0.05) is 18.2 Å². The molecule has 4 aromatic rings. The molecule has 1 heterocycles. The molecule has 190 valence electrons. The minimum Gasteiger partial charge on any atom is -0.497 e. The van der Waals surface area contributed by atoms with Gasteiger partial charge in [-0.1, -0.05) is 24.2 Å². The van der Waals surface area contributed by atoms with E-state index >= 15 is 0 Å². The van der Waals surface area contributed by atoms with Gasteiger partial charge in [0.05, 0.1) is 33.3 Å². The Morgan fingerprint density at radius 3 is 2.33 bits per heavy atom. The van der Waals surface area contributed by atoms with Gasteiger partial charge in [-0.15, -0.1) is 0 Å². The number of benzene rings is 3. The number of rotatable bonds is 10. The van der Waals surface area contributed by atoms with Gasteiger partial charge < -0.3 is 24.5 Å². The van der Waals surface area contributed by atoms with Crippen molar-refractivity contribution < 1.29 is 27.2 Å². The van der Waals surface area contributed by atoms with Crippen molar-refractivity contribution in [1.29, 1.82) is 0 Å². The molecule has 0 unspecified atom stereocenters. The van der Waals surface area contributed by atoms with Crippen LogP contribution in [-0.4, -0.2) is 34.9 Å². The zero-order valence-corrected chi connectivity index (χ0v) is 21.5. The van der Waals surface area contributed by atoms with E-state index in [1.54, 1.807) is 49.6 Å². The first kappa shape index (κ1) is 25.3. The highest BCUT2D eigenvalue weighted by atomic mass is 32.2. The lowest BCUT2D eigenvalue weighted by atomic mass is 10.1. The molecule has 0 bridgehead atoms. The maximum atomic E-state index is 14.3. The van der Waals surface area contributed by atoms with E-state index in [0.29, 0.717) is 34.5 Å². The van der Waals surface area contributed by atoms with Crippen molar-refractivity contribution in [3.63, 3.8) is 0 Å². The number of fused-ring (bicyclic) bond motifs is 1. The molecule has 0 saturated carbocycles. The summed E-state index contributed by atoms with van der Waals surface area (Å²) in [4.78, 5) is 0.0305. The first-order valence-electron chi connectivity index (χ1n) is 11.3. The van der Waals surface area contributed by atoms with Crippen molar-refractivity contribution in [3.8, 4) is 17.2 Å². The fourth-order valence-corrected chi connectivity index (χ4v) is 5.56. The molecule has 0 fully saturated rings. The number of aryl methyl sites for hydroxylation is 1. The third-order valence-electron chi connectivity index (χ3n) is 6.00. The molecule has 0 radical (unpaired) electrons. The number of nitrogens with two attached hydrogens (primary N) is 1. The van der Waals surface area contributed by atoms with Gasteiger partial charge >= 0.3 is 0 Å². The summed E-state index contributed by atoms with van der Waals surface area (Å²) in [6.45, 7) is 2.16. The minimum atomic E-state index is -4.18. The number of methoxy groups -OCH3 is 3. The molecule has 0 spiro atoms. The lowest BCUT2D eigenvalue weighted by Gasteiger charge is -2.24. The fraction of sp³-hybridized carbons (Fsp3) is 0.269. The zero-order chi connectivity index (χ0) is 25.9. The highest BCUT2D eigenvalue weighted by Crippen LogP contribution is 2.37. The molecule has 10 heteroatoms. The van der Waals surface area contributed by atoms with E-state index in [2.05, 4.69) is 5.16 Å². The second-order valence-corrected chi connectivity index (χ2v) is 9.90. The second-order valence-electron chi connectivity index (χ2n) is 8.07. The molecule has 0 aliphatic heterocycles. The smallest absolute Gasteiger partial charge is 0.269 e. The standard InChI is InChI=1S/C26H29N3O6S/c1-5-17-6-11-23(33-3)25(13-17)36(30,31)29(16-19-8-9-20(32-2)14-24(19)34-4)26-21-12-18(15-27)7-10-22(21)35-28-26/h6-14H,5,15-16,27H2,1-4H3. The van der Waals surface area contributed by atoms with Crippen LogP contribution in [0.4, 0.5) is 5.82 Å². The number of hydrogen-bond acceptors (Lipinski definition) is 8. The summed E-state index contributed by atoms with van der Waals surface area (Å²) >= 11 is 0. The quantitative estimate of drug-likeness (QED) is 0.335. The highest BCUT2D eigenvalue weighted by Gasteiger charge is 2.33. The summed E-state index contributed by atoms with van der Waals surface area (Å²) < 4.78 is 51.6. The van der Waals surface area contributed by atoms with Crippen LogP contribution in [0.1, 0.15) is 23.6 Å². The van der Waals surface area contributed by atoms with E-state index in [9.17, 15) is 8.42 Å². The molecule has 1 aromatic heterocycles. The van der Waals surface area contributed by atoms with Crippen LogP contribution in [0.25, 0.3) is 11.0 Å². The Kier molecular flexibility index (Phi) is 7.37. The number of sulfonamides is 1. The van der Waals surface area contributed by atoms with Crippen LogP contribution in [0.3, 0.4) is 0 Å². The molecule has 36 heavy (non-hydrogen) atoms. The van der Waals surface area contributed by atoms with Crippen molar-refractivity contribution in [2.75, 3.05) is 25.6 Å². The second kappa shape index (κ2) is 10.5. The van der Waals surface area contributed by atoms with Crippen molar-refractivity contribution in [2.45, 2.75) is 31.3 Å². The molecule has 0 atom stereocenters. The zero-order valence-electron chi connectivity index (χ0n) is 20.6. The summed E-state index contributed by atoms with van der Waals surface area (Å²) in [5.41, 5.74) is 8.57. The van der Waals surface area contributed by atoms with E-state index in [4.69, 9.17) is 24.5 Å². The molecule has 2 N–H and O–H groups in total. The van der Waals surface area contributed by atoms with Crippen molar-refractivity contribution in [2.24, 2.45) is 5.73 Å². The SMILES string of the molecule is CCc1ccc(OC)c(S(=O)(=O)N(Cc2ccc(OC)cc2OC)c2noc3ccc(CN)cc23)c1. The van der Waals surface area contributed by atoms with Gasteiger partial charge in [-0.3, -0.25) is 0 Å². The average molecular weight is 512 g/mol. The lowest BCUT2D eigenvalue weighted by molar-refractivity contribution is 0.391. The van der Waals surface area contributed by atoms with Crippen molar-refractivity contribution >= 4 is 26.8 Å².